The van der Waals surface area contributed by atoms with Crippen LogP contribution in [0.3, 0.4) is 0 Å². The summed E-state index contributed by atoms with van der Waals surface area (Å²) in [6.45, 7) is 3.64. The van der Waals surface area contributed by atoms with E-state index in [2.05, 4.69) is 0 Å². The standard InChI is InChI=1S/C20H21NO5S/c1-12-5-7-14(8-6-12)27(24,25)20-13(2)26-19-15(18(20)23)9-10-17(22)16(19)11-21(3)4/h5-10,22H,11H2,1-4H3. The highest BCUT2D eigenvalue weighted by atomic mass is 32.2. The highest BCUT2D eigenvalue weighted by Gasteiger charge is 2.27. The molecule has 6 nitrogen and oxygen atoms in total. The molecular formula is C20H21NO5S. The van der Waals surface area contributed by atoms with Gasteiger partial charge in [-0.1, -0.05) is 17.7 Å². The zero-order valence-electron chi connectivity index (χ0n) is 15.6. The van der Waals surface area contributed by atoms with Crippen LogP contribution in [0.2, 0.25) is 0 Å². The molecule has 0 radical (unpaired) electrons. The third kappa shape index (κ3) is 3.36. The second kappa shape index (κ2) is 6.83. The molecule has 1 heterocycles. The number of fused-ring (bicyclic) bond motifs is 1. The van der Waals surface area contributed by atoms with E-state index < -0.39 is 15.3 Å². The first-order chi connectivity index (χ1) is 12.6. The summed E-state index contributed by atoms with van der Waals surface area (Å²) in [7, 11) is -0.396. The lowest BCUT2D eigenvalue weighted by molar-refractivity contribution is 0.383. The van der Waals surface area contributed by atoms with E-state index in [1.54, 1.807) is 12.1 Å². The Hall–Kier alpha value is -2.64. The van der Waals surface area contributed by atoms with Crippen LogP contribution < -0.4 is 5.43 Å². The van der Waals surface area contributed by atoms with E-state index in [0.717, 1.165) is 5.56 Å². The van der Waals surface area contributed by atoms with E-state index >= 15 is 0 Å². The van der Waals surface area contributed by atoms with Gasteiger partial charge in [-0.3, -0.25) is 4.79 Å². The molecule has 7 heteroatoms. The summed E-state index contributed by atoms with van der Waals surface area (Å²) >= 11 is 0. The summed E-state index contributed by atoms with van der Waals surface area (Å²) in [4.78, 5) is 14.5. The van der Waals surface area contributed by atoms with Gasteiger partial charge in [0.2, 0.25) is 15.3 Å². The predicted molar refractivity (Wildman–Crippen MR) is 103 cm³/mol. The molecule has 0 spiro atoms. The number of sulfone groups is 1. The first-order valence-corrected chi connectivity index (χ1v) is 9.86. The van der Waals surface area contributed by atoms with E-state index in [1.807, 2.05) is 25.9 Å². The van der Waals surface area contributed by atoms with Crippen molar-refractivity contribution >= 4 is 20.8 Å². The van der Waals surface area contributed by atoms with E-state index in [-0.39, 0.29) is 32.3 Å². The summed E-state index contributed by atoms with van der Waals surface area (Å²) in [5.41, 5.74) is 0.931. The van der Waals surface area contributed by atoms with Gasteiger partial charge in [-0.2, -0.15) is 0 Å². The van der Waals surface area contributed by atoms with Gasteiger partial charge in [0.05, 0.1) is 15.8 Å². The van der Waals surface area contributed by atoms with Gasteiger partial charge in [-0.05, 0) is 52.2 Å². The lowest BCUT2D eigenvalue weighted by Gasteiger charge is -2.14. The first kappa shape index (κ1) is 19.1. The zero-order chi connectivity index (χ0) is 19.9. The van der Waals surface area contributed by atoms with Gasteiger partial charge in [0.15, 0.2) is 4.90 Å². The lowest BCUT2D eigenvalue weighted by Crippen LogP contribution is -2.18. The number of hydrogen-bond acceptors (Lipinski definition) is 6. The molecule has 2 aromatic carbocycles. The fraction of sp³-hybridized carbons (Fsp3) is 0.250. The molecule has 0 aliphatic heterocycles. The Kier molecular flexibility index (Phi) is 4.84. The van der Waals surface area contributed by atoms with Crippen molar-refractivity contribution in [2.24, 2.45) is 0 Å². The topological polar surface area (TPSA) is 87.8 Å². The molecule has 0 saturated carbocycles. The number of benzene rings is 2. The number of aryl methyl sites for hydroxylation is 2. The van der Waals surface area contributed by atoms with Crippen LogP contribution in [0, 0.1) is 13.8 Å². The number of aromatic hydroxyl groups is 1. The van der Waals surface area contributed by atoms with E-state index in [9.17, 15) is 18.3 Å². The van der Waals surface area contributed by atoms with Crippen LogP contribution in [0.25, 0.3) is 11.0 Å². The monoisotopic (exact) mass is 387 g/mol. The molecule has 0 bridgehead atoms. The van der Waals surface area contributed by atoms with Gasteiger partial charge in [-0.15, -0.1) is 0 Å². The normalized spacial score (nSPS) is 12.0. The number of hydrogen-bond donors (Lipinski definition) is 1. The van der Waals surface area contributed by atoms with E-state index in [1.165, 1.54) is 31.2 Å². The maximum absolute atomic E-state index is 13.1. The molecule has 1 N–H and O–H groups in total. The maximum Gasteiger partial charge on any atom is 0.213 e. The Labute approximate surface area is 157 Å². The van der Waals surface area contributed by atoms with Crippen molar-refractivity contribution in [1.29, 1.82) is 0 Å². The fourth-order valence-corrected chi connectivity index (χ4v) is 4.51. The minimum atomic E-state index is -4.03. The van der Waals surface area contributed by atoms with Gasteiger partial charge in [-0.25, -0.2) is 8.42 Å². The van der Waals surface area contributed by atoms with Crippen LogP contribution in [0.4, 0.5) is 0 Å². The van der Waals surface area contributed by atoms with E-state index in [4.69, 9.17) is 4.42 Å². The van der Waals surface area contributed by atoms with Crippen LogP contribution in [0.1, 0.15) is 16.9 Å². The molecule has 3 rings (SSSR count). The predicted octanol–water partition coefficient (Wildman–Crippen LogP) is 3.01. The molecule has 142 valence electrons. The summed E-state index contributed by atoms with van der Waals surface area (Å²) in [6.07, 6.45) is 0. The largest absolute Gasteiger partial charge is 0.507 e. The molecule has 0 aliphatic rings. The van der Waals surface area contributed by atoms with Gasteiger partial charge in [0.25, 0.3) is 0 Å². The summed E-state index contributed by atoms with van der Waals surface area (Å²) in [5.74, 6) is -0.00780. The molecule has 1 aromatic heterocycles. The number of rotatable bonds is 4. The Bertz CT molecular complexity index is 1180. The average molecular weight is 387 g/mol. The minimum absolute atomic E-state index is 0.00122. The van der Waals surface area contributed by atoms with Crippen molar-refractivity contribution in [3.8, 4) is 5.75 Å². The van der Waals surface area contributed by atoms with Crippen LogP contribution >= 0.6 is 0 Å². The Balaban J connectivity index is 2.32. The first-order valence-electron chi connectivity index (χ1n) is 8.37. The minimum Gasteiger partial charge on any atom is -0.507 e. The Morgan fingerprint density at radius 1 is 1.04 bits per heavy atom. The summed E-state index contributed by atoms with van der Waals surface area (Å²) < 4.78 is 31.8. The molecule has 27 heavy (non-hydrogen) atoms. The van der Waals surface area contributed by atoms with Crippen LogP contribution in [0.5, 0.6) is 5.75 Å². The molecule has 0 amide bonds. The highest BCUT2D eigenvalue weighted by molar-refractivity contribution is 7.91. The van der Waals surface area contributed by atoms with Crippen molar-refractivity contribution in [3.05, 3.63) is 63.5 Å². The molecule has 0 atom stereocenters. The maximum atomic E-state index is 13.1. The number of nitrogens with zero attached hydrogens (tertiary/aromatic N) is 1. The molecular weight excluding hydrogens is 366 g/mol. The third-order valence-electron chi connectivity index (χ3n) is 4.34. The third-order valence-corrected chi connectivity index (χ3v) is 6.24. The zero-order valence-corrected chi connectivity index (χ0v) is 16.4. The molecule has 0 unspecified atom stereocenters. The fourth-order valence-electron chi connectivity index (χ4n) is 3.01. The number of phenolic OH excluding ortho intramolecular Hbond substituents is 1. The van der Waals surface area contributed by atoms with E-state index in [0.29, 0.717) is 12.1 Å². The van der Waals surface area contributed by atoms with Crippen LogP contribution in [0.15, 0.2) is 55.4 Å². The van der Waals surface area contributed by atoms with Gasteiger partial charge in [0.1, 0.15) is 17.1 Å². The number of phenols is 1. The Morgan fingerprint density at radius 3 is 2.26 bits per heavy atom. The smallest absolute Gasteiger partial charge is 0.213 e. The SMILES string of the molecule is Cc1ccc(S(=O)(=O)c2c(C)oc3c(CN(C)C)c(O)ccc3c2=O)cc1. The van der Waals surface area contributed by atoms with Crippen molar-refractivity contribution in [2.45, 2.75) is 30.2 Å². The quantitative estimate of drug-likeness (QED) is 0.740. The molecule has 0 aliphatic carbocycles. The molecule has 3 aromatic rings. The van der Waals surface area contributed by atoms with Gasteiger partial charge >= 0.3 is 0 Å². The van der Waals surface area contributed by atoms with Gasteiger partial charge in [0, 0.05) is 6.54 Å². The van der Waals surface area contributed by atoms with Gasteiger partial charge < -0.3 is 14.4 Å². The second-order valence-electron chi connectivity index (χ2n) is 6.81. The Morgan fingerprint density at radius 2 is 1.67 bits per heavy atom. The highest BCUT2D eigenvalue weighted by Crippen LogP contribution is 2.30. The summed E-state index contributed by atoms with van der Waals surface area (Å²) in [5, 5.41) is 10.3. The molecule has 0 saturated heterocycles. The van der Waals surface area contributed by atoms with Crippen molar-refractivity contribution in [3.63, 3.8) is 0 Å². The average Bonchev–Trinajstić information content (AvgIpc) is 2.57. The van der Waals surface area contributed by atoms with Crippen molar-refractivity contribution in [2.75, 3.05) is 14.1 Å². The molecule has 0 fully saturated rings. The van der Waals surface area contributed by atoms with Crippen molar-refractivity contribution in [1.82, 2.24) is 4.90 Å². The van der Waals surface area contributed by atoms with Crippen LogP contribution in [-0.4, -0.2) is 32.5 Å². The summed E-state index contributed by atoms with van der Waals surface area (Å²) in [6, 6.07) is 9.08. The van der Waals surface area contributed by atoms with Crippen molar-refractivity contribution < 1.29 is 17.9 Å². The lowest BCUT2D eigenvalue weighted by atomic mass is 10.1. The second-order valence-corrected chi connectivity index (χ2v) is 8.70. The van der Waals surface area contributed by atoms with Crippen LogP contribution in [-0.2, 0) is 16.4 Å².